The molecule has 6 heteroatoms. The van der Waals surface area contributed by atoms with Crippen molar-refractivity contribution in [3.63, 3.8) is 0 Å². The number of aliphatic imine (C=N–C) groups is 1. The van der Waals surface area contributed by atoms with Crippen LogP contribution < -0.4 is 0 Å². The minimum absolute atomic E-state index is 0.189. The van der Waals surface area contributed by atoms with Crippen LogP contribution in [-0.2, 0) is 30.2 Å². The third-order valence-corrected chi connectivity index (χ3v) is 4.32. The van der Waals surface area contributed by atoms with Crippen molar-refractivity contribution in [3.8, 4) is 0 Å². The first-order chi connectivity index (χ1) is 13.8. The normalized spacial score (nSPS) is 10.5. The molecule has 0 bridgehead atoms. The van der Waals surface area contributed by atoms with Gasteiger partial charge in [-0.3, -0.25) is 4.99 Å². The molecule has 0 spiro atoms. The number of allylic oxidation sites excluding steroid dienone is 2. The molecule has 0 aliphatic rings. The molecule has 2 rings (SSSR count). The number of rotatable bonds is 4. The van der Waals surface area contributed by atoms with Crippen molar-refractivity contribution in [3.05, 3.63) is 91.1 Å². The number of benzene rings is 2. The predicted octanol–water partition coefficient (Wildman–Crippen LogP) is 6.83. The van der Waals surface area contributed by atoms with E-state index in [1.54, 1.807) is 0 Å². The monoisotopic (exact) mass is 469 g/mol. The number of hydrogen-bond acceptors (Lipinski definition) is 2. The van der Waals surface area contributed by atoms with Gasteiger partial charge in [-0.2, -0.15) is 5.70 Å². The fraction of sp³-hybridized carbons (Fsp3) is 0.261. The summed E-state index contributed by atoms with van der Waals surface area (Å²) in [6.45, 7) is 19.2. The van der Waals surface area contributed by atoms with E-state index in [1.165, 1.54) is 20.9 Å². The zero-order valence-electron chi connectivity index (χ0n) is 17.5. The third kappa shape index (κ3) is 17.5. The topological polar surface area (TPSA) is 78.6 Å². The Morgan fingerprint density at radius 3 is 1.72 bits per heavy atom. The van der Waals surface area contributed by atoms with E-state index in [-0.39, 0.29) is 5.54 Å². The molecular formula is C23H26N3NbO2-. The average molecular weight is 469 g/mol. The Balaban J connectivity index is 0. The van der Waals surface area contributed by atoms with Crippen LogP contribution in [0.3, 0.4) is 0 Å². The van der Waals surface area contributed by atoms with E-state index in [0.717, 1.165) is 22.8 Å². The summed E-state index contributed by atoms with van der Waals surface area (Å²) in [5.74, 6) is 0. The van der Waals surface area contributed by atoms with Gasteiger partial charge in [0.25, 0.3) is 0 Å². The molecule has 0 atom stereocenters. The second-order valence-corrected chi connectivity index (χ2v) is 7.08. The molecule has 0 fully saturated rings. The number of para-hydroxylation sites is 2. The van der Waals surface area contributed by atoms with Crippen LogP contribution in [0.4, 0.5) is 11.4 Å². The van der Waals surface area contributed by atoms with Crippen LogP contribution in [0.5, 0.6) is 0 Å². The van der Waals surface area contributed by atoms with Gasteiger partial charge in [0.15, 0.2) is 0 Å². The standard InChI is InChI=1S/C17H17N2.C4H9N.2CO.Nb/c1-14(18-16-9-5-3-6-10-16)13-15(2)19-17-11-7-4-8-12-17;1-4(2,3)5;2*1-2;/h3-13H,1-2H3;1-3H3;;;/q-1;;;;/b14-13-,19-15?;;;;. The molecule has 0 unspecified atom stereocenters. The quantitative estimate of drug-likeness (QED) is 0.204. The molecule has 0 heterocycles. The van der Waals surface area contributed by atoms with Crippen LogP contribution in [-0.4, -0.2) is 11.3 Å². The van der Waals surface area contributed by atoms with Crippen molar-refractivity contribution < 1.29 is 30.2 Å². The Morgan fingerprint density at radius 1 is 0.897 bits per heavy atom. The van der Waals surface area contributed by atoms with Crippen LogP contribution in [0.15, 0.2) is 80.8 Å². The Hall–Kier alpha value is -2.33. The van der Waals surface area contributed by atoms with Crippen LogP contribution in [0.2, 0.25) is 0 Å². The van der Waals surface area contributed by atoms with Crippen LogP contribution in [0.1, 0.15) is 34.6 Å². The van der Waals surface area contributed by atoms with Crippen LogP contribution in [0.25, 0.3) is 5.32 Å². The SMILES string of the molecule is CC(/C=C(/C)[N-]c1ccccc1)=Nc1ccccc1.CC(C)(C)[N]=[Nb].[C-]#[O+].[C-]#[O+]. The maximum atomic E-state index is 7.50. The molecule has 0 saturated heterocycles. The second kappa shape index (κ2) is 17.7. The summed E-state index contributed by atoms with van der Waals surface area (Å²) in [6.07, 6.45) is 1.99. The molecule has 0 N–H and O–H groups in total. The second-order valence-electron chi connectivity index (χ2n) is 6.59. The summed E-state index contributed by atoms with van der Waals surface area (Å²) >= 11 is 1.52. The third-order valence-electron chi connectivity index (χ3n) is 2.84. The van der Waals surface area contributed by atoms with Gasteiger partial charge in [-0.1, -0.05) is 61.5 Å². The maximum absolute atomic E-state index is 7.50. The van der Waals surface area contributed by atoms with Gasteiger partial charge in [-0.25, -0.2) is 0 Å². The molecule has 29 heavy (non-hydrogen) atoms. The molecule has 0 radical (unpaired) electrons. The summed E-state index contributed by atoms with van der Waals surface area (Å²) in [5, 5.41) is 4.52. The first-order valence-electron chi connectivity index (χ1n) is 8.62. The summed E-state index contributed by atoms with van der Waals surface area (Å²) in [5.41, 5.74) is 4.01. The average Bonchev–Trinajstić information content (AvgIpc) is 2.72. The Morgan fingerprint density at radius 2 is 1.31 bits per heavy atom. The van der Waals surface area contributed by atoms with Gasteiger partial charge >= 0.3 is 73.1 Å². The van der Waals surface area contributed by atoms with E-state index >= 15 is 0 Å². The molecule has 151 valence electrons. The Labute approximate surface area is 186 Å². The first-order valence-corrected chi connectivity index (χ1v) is 9.61. The van der Waals surface area contributed by atoms with Crippen molar-refractivity contribution >= 4 is 17.1 Å². The zero-order valence-corrected chi connectivity index (χ0v) is 19.7. The fourth-order valence-electron chi connectivity index (χ4n) is 1.78. The number of nitrogens with zero attached hydrogens (tertiary/aromatic N) is 3. The molecule has 5 nitrogen and oxygen atoms in total. The fourth-order valence-corrected chi connectivity index (χ4v) is 1.78. The zero-order chi connectivity index (χ0) is 22.7. The van der Waals surface area contributed by atoms with Crippen LogP contribution in [0, 0.1) is 13.3 Å². The molecule has 0 aliphatic carbocycles. The van der Waals surface area contributed by atoms with Gasteiger partial charge in [-0.15, -0.1) is 5.69 Å². The van der Waals surface area contributed by atoms with Gasteiger partial charge < -0.3 is 5.32 Å². The minimum atomic E-state index is 0.189. The molecular weight excluding hydrogens is 443 g/mol. The molecule has 0 aromatic heterocycles. The van der Waals surface area contributed by atoms with Crippen LogP contribution >= 0.6 is 0 Å². The van der Waals surface area contributed by atoms with E-state index < -0.39 is 0 Å². The Kier molecular flexibility index (Phi) is 17.7. The van der Waals surface area contributed by atoms with Gasteiger partial charge in [-0.05, 0) is 19.1 Å². The van der Waals surface area contributed by atoms with Crippen molar-refractivity contribution in [2.24, 2.45) is 8.33 Å². The first kappa shape index (κ1) is 28.9. The van der Waals surface area contributed by atoms with Gasteiger partial charge in [0.1, 0.15) is 0 Å². The summed E-state index contributed by atoms with van der Waals surface area (Å²) < 4.78 is 19.1. The van der Waals surface area contributed by atoms with Gasteiger partial charge in [0, 0.05) is 5.71 Å². The summed E-state index contributed by atoms with van der Waals surface area (Å²) in [4.78, 5) is 4.52. The van der Waals surface area contributed by atoms with Gasteiger partial charge in [0.05, 0.1) is 5.69 Å². The van der Waals surface area contributed by atoms with Crippen molar-refractivity contribution in [2.75, 3.05) is 0 Å². The van der Waals surface area contributed by atoms with E-state index in [1.807, 2.05) is 80.6 Å². The molecule has 0 aliphatic heterocycles. The van der Waals surface area contributed by atoms with Crippen molar-refractivity contribution in [1.29, 1.82) is 0 Å². The number of hydrogen-bond donors (Lipinski definition) is 0. The van der Waals surface area contributed by atoms with E-state index in [9.17, 15) is 0 Å². The molecule has 0 amide bonds. The molecule has 2 aromatic rings. The molecule has 2 aromatic carbocycles. The summed E-state index contributed by atoms with van der Waals surface area (Å²) in [6, 6.07) is 19.9. The van der Waals surface area contributed by atoms with Crippen molar-refractivity contribution in [1.82, 2.24) is 0 Å². The van der Waals surface area contributed by atoms with E-state index in [4.69, 9.17) is 9.30 Å². The van der Waals surface area contributed by atoms with Crippen molar-refractivity contribution in [2.45, 2.75) is 40.2 Å². The van der Waals surface area contributed by atoms with Gasteiger partial charge in [0.2, 0.25) is 0 Å². The summed E-state index contributed by atoms with van der Waals surface area (Å²) in [7, 11) is 0. The Bertz CT molecular complexity index is 784. The van der Waals surface area contributed by atoms with E-state index in [2.05, 4.69) is 47.7 Å². The predicted molar refractivity (Wildman–Crippen MR) is 112 cm³/mol. The van der Waals surface area contributed by atoms with E-state index in [0.29, 0.717) is 0 Å². The molecule has 0 saturated carbocycles.